The van der Waals surface area contributed by atoms with Gasteiger partial charge in [0.05, 0.1) is 18.8 Å². The van der Waals surface area contributed by atoms with E-state index in [1.54, 1.807) is 16.8 Å². The van der Waals surface area contributed by atoms with Crippen LogP contribution in [0.1, 0.15) is 45.9 Å². The second-order valence-electron chi connectivity index (χ2n) is 6.77. The van der Waals surface area contributed by atoms with Gasteiger partial charge in [-0.1, -0.05) is 48.5 Å². The van der Waals surface area contributed by atoms with Crippen LogP contribution in [-0.2, 0) is 30.9 Å². The van der Waals surface area contributed by atoms with Crippen molar-refractivity contribution in [2.24, 2.45) is 0 Å². The molecule has 1 aliphatic heterocycles. The Morgan fingerprint density at radius 1 is 1.18 bits per heavy atom. The number of nitrogens with one attached hydrogen (secondary N) is 1. The molecule has 1 amide bonds. The van der Waals surface area contributed by atoms with Crippen molar-refractivity contribution in [3.05, 3.63) is 82.4 Å². The number of nitrogens with zero attached hydrogens (tertiary/aromatic N) is 3. The van der Waals surface area contributed by atoms with Crippen molar-refractivity contribution < 1.29 is 13.9 Å². The third-order valence-electron chi connectivity index (χ3n) is 4.94. The Balaban J connectivity index is 1.41. The fourth-order valence-electron chi connectivity index (χ4n) is 3.23. The fourth-order valence-corrected chi connectivity index (χ4v) is 3.23. The van der Waals surface area contributed by atoms with E-state index in [2.05, 4.69) is 34.7 Å². The first kappa shape index (κ1) is 18.3. The van der Waals surface area contributed by atoms with Crippen LogP contribution >= 0.6 is 0 Å². The molecular formula is C21H21FN4O2. The summed E-state index contributed by atoms with van der Waals surface area (Å²) in [6.07, 6.45) is 0.737. The highest BCUT2D eigenvalue weighted by Crippen LogP contribution is 2.27. The number of benzene rings is 2. The molecule has 0 bridgehead atoms. The SMILES string of the molecule is CCc1ccc(CNC(=O)c2nnn3c2CO[C@H](c2ccc(F)cc2)C3)cc1. The van der Waals surface area contributed by atoms with Crippen LogP contribution in [0.3, 0.4) is 0 Å². The number of aromatic nitrogens is 3. The lowest BCUT2D eigenvalue weighted by Crippen LogP contribution is -2.27. The average molecular weight is 380 g/mol. The van der Waals surface area contributed by atoms with Gasteiger partial charge < -0.3 is 10.1 Å². The maximum atomic E-state index is 13.1. The predicted octanol–water partition coefficient (Wildman–Crippen LogP) is 3.18. The molecular weight excluding hydrogens is 359 g/mol. The van der Waals surface area contributed by atoms with E-state index in [4.69, 9.17) is 4.74 Å². The van der Waals surface area contributed by atoms with Crippen molar-refractivity contribution in [2.75, 3.05) is 0 Å². The molecule has 1 atom stereocenters. The van der Waals surface area contributed by atoms with E-state index in [-0.39, 0.29) is 30.1 Å². The minimum atomic E-state index is -0.288. The molecule has 0 saturated heterocycles. The molecule has 3 aromatic rings. The Bertz CT molecular complexity index is 967. The number of carbonyl (C=O) groups excluding carboxylic acids is 1. The molecule has 2 aromatic carbocycles. The molecule has 0 radical (unpaired) electrons. The van der Waals surface area contributed by atoms with E-state index >= 15 is 0 Å². The van der Waals surface area contributed by atoms with Crippen molar-refractivity contribution >= 4 is 5.91 Å². The zero-order valence-corrected chi connectivity index (χ0v) is 15.6. The zero-order valence-electron chi connectivity index (χ0n) is 15.6. The fraction of sp³-hybridized carbons (Fsp3) is 0.286. The molecule has 0 aliphatic carbocycles. The highest BCUT2D eigenvalue weighted by atomic mass is 19.1. The number of hydrogen-bond donors (Lipinski definition) is 1. The van der Waals surface area contributed by atoms with Crippen molar-refractivity contribution in [3.8, 4) is 0 Å². The Kier molecular flexibility index (Phi) is 5.16. The maximum Gasteiger partial charge on any atom is 0.274 e. The van der Waals surface area contributed by atoms with Gasteiger partial charge >= 0.3 is 0 Å². The van der Waals surface area contributed by atoms with E-state index in [1.165, 1.54) is 17.7 Å². The lowest BCUT2D eigenvalue weighted by Gasteiger charge is -2.24. The van der Waals surface area contributed by atoms with Crippen LogP contribution in [0.4, 0.5) is 4.39 Å². The van der Waals surface area contributed by atoms with Gasteiger partial charge in [0.2, 0.25) is 0 Å². The zero-order chi connectivity index (χ0) is 19.5. The monoisotopic (exact) mass is 380 g/mol. The van der Waals surface area contributed by atoms with E-state index < -0.39 is 0 Å². The van der Waals surface area contributed by atoms with Gasteiger partial charge in [0.1, 0.15) is 11.9 Å². The number of amides is 1. The molecule has 0 unspecified atom stereocenters. The van der Waals surface area contributed by atoms with Crippen molar-refractivity contribution in [1.82, 2.24) is 20.3 Å². The van der Waals surface area contributed by atoms with Gasteiger partial charge in [-0.05, 0) is 35.2 Å². The van der Waals surface area contributed by atoms with Gasteiger partial charge in [-0.3, -0.25) is 4.79 Å². The Morgan fingerprint density at radius 3 is 2.61 bits per heavy atom. The minimum Gasteiger partial charge on any atom is -0.365 e. The topological polar surface area (TPSA) is 69.0 Å². The second-order valence-corrected chi connectivity index (χ2v) is 6.77. The lowest BCUT2D eigenvalue weighted by molar-refractivity contribution is -0.00180. The summed E-state index contributed by atoms with van der Waals surface area (Å²) in [6, 6.07) is 14.3. The Hall–Kier alpha value is -3.06. The molecule has 2 heterocycles. The highest BCUT2D eigenvalue weighted by molar-refractivity contribution is 5.93. The van der Waals surface area contributed by atoms with Crippen LogP contribution in [0.25, 0.3) is 0 Å². The van der Waals surface area contributed by atoms with Crippen molar-refractivity contribution in [2.45, 2.75) is 39.1 Å². The number of hydrogen-bond acceptors (Lipinski definition) is 4. The summed E-state index contributed by atoms with van der Waals surface area (Å²) in [5.74, 6) is -0.561. The molecule has 4 rings (SSSR count). The predicted molar refractivity (Wildman–Crippen MR) is 101 cm³/mol. The molecule has 0 fully saturated rings. The summed E-state index contributed by atoms with van der Waals surface area (Å²) >= 11 is 0. The summed E-state index contributed by atoms with van der Waals surface area (Å²) < 4.78 is 20.7. The molecule has 144 valence electrons. The highest BCUT2D eigenvalue weighted by Gasteiger charge is 2.27. The number of carbonyl (C=O) groups is 1. The van der Waals surface area contributed by atoms with E-state index in [9.17, 15) is 9.18 Å². The quantitative estimate of drug-likeness (QED) is 0.738. The summed E-state index contributed by atoms with van der Waals surface area (Å²) in [6.45, 7) is 3.19. The summed E-state index contributed by atoms with van der Waals surface area (Å²) in [5, 5.41) is 11.0. The minimum absolute atomic E-state index is 0.225. The van der Waals surface area contributed by atoms with Crippen LogP contribution < -0.4 is 5.32 Å². The second kappa shape index (κ2) is 7.90. The van der Waals surface area contributed by atoms with Crippen LogP contribution in [0, 0.1) is 5.82 Å². The third kappa shape index (κ3) is 3.80. The van der Waals surface area contributed by atoms with E-state index in [1.807, 2.05) is 12.1 Å². The van der Waals surface area contributed by atoms with Gasteiger partial charge in [-0.25, -0.2) is 9.07 Å². The van der Waals surface area contributed by atoms with Crippen LogP contribution in [-0.4, -0.2) is 20.9 Å². The summed E-state index contributed by atoms with van der Waals surface area (Å²) in [5.41, 5.74) is 4.08. The molecule has 0 saturated carbocycles. The molecule has 1 N–H and O–H groups in total. The van der Waals surface area contributed by atoms with Crippen LogP contribution in [0.15, 0.2) is 48.5 Å². The van der Waals surface area contributed by atoms with Gasteiger partial charge in [0, 0.05) is 6.54 Å². The number of halogens is 1. The number of aryl methyl sites for hydroxylation is 1. The number of ether oxygens (including phenoxy) is 1. The number of rotatable bonds is 5. The largest absolute Gasteiger partial charge is 0.365 e. The van der Waals surface area contributed by atoms with Gasteiger partial charge in [-0.15, -0.1) is 5.10 Å². The third-order valence-corrected chi connectivity index (χ3v) is 4.94. The molecule has 0 spiro atoms. The molecule has 28 heavy (non-hydrogen) atoms. The van der Waals surface area contributed by atoms with Crippen molar-refractivity contribution in [1.29, 1.82) is 0 Å². The summed E-state index contributed by atoms with van der Waals surface area (Å²) in [4.78, 5) is 12.5. The van der Waals surface area contributed by atoms with E-state index in [0.717, 1.165) is 17.5 Å². The normalized spacial score (nSPS) is 15.9. The molecule has 1 aliphatic rings. The smallest absolute Gasteiger partial charge is 0.274 e. The number of fused-ring (bicyclic) bond motifs is 1. The van der Waals surface area contributed by atoms with Gasteiger partial charge in [0.15, 0.2) is 5.69 Å². The molecule has 6 nitrogen and oxygen atoms in total. The van der Waals surface area contributed by atoms with Gasteiger partial charge in [-0.2, -0.15) is 0 Å². The van der Waals surface area contributed by atoms with Gasteiger partial charge in [0.25, 0.3) is 5.91 Å². The lowest BCUT2D eigenvalue weighted by atomic mass is 10.1. The van der Waals surface area contributed by atoms with E-state index in [0.29, 0.717) is 18.8 Å². The first-order valence-electron chi connectivity index (χ1n) is 9.29. The summed E-state index contributed by atoms with van der Waals surface area (Å²) in [7, 11) is 0. The Labute approximate surface area is 162 Å². The molecule has 1 aromatic heterocycles. The molecule has 7 heteroatoms. The van der Waals surface area contributed by atoms with Crippen LogP contribution in [0.2, 0.25) is 0 Å². The standard InChI is InChI=1S/C21H21FN4O2/c1-2-14-3-5-15(6-4-14)11-23-21(27)20-18-13-28-19(12-26(18)25-24-20)16-7-9-17(22)10-8-16/h3-10,19H,2,11-13H2,1H3,(H,23,27)/t19-/m0/s1. The Morgan fingerprint density at radius 2 is 1.89 bits per heavy atom. The van der Waals surface area contributed by atoms with Crippen molar-refractivity contribution in [3.63, 3.8) is 0 Å². The average Bonchev–Trinajstić information content (AvgIpc) is 3.16. The first-order valence-corrected chi connectivity index (χ1v) is 9.29. The maximum absolute atomic E-state index is 13.1. The first-order chi connectivity index (χ1) is 13.6. The van der Waals surface area contributed by atoms with Crippen LogP contribution in [0.5, 0.6) is 0 Å².